The number of hydrogen-bond donors (Lipinski definition) is 0. The molecule has 0 saturated carbocycles. The molecule has 0 aliphatic carbocycles. The summed E-state index contributed by atoms with van der Waals surface area (Å²) in [7, 11) is 0. The third-order valence-electron chi connectivity index (χ3n) is 5.93. The van der Waals surface area contributed by atoms with Gasteiger partial charge in [-0.05, 0) is 74.7 Å². The van der Waals surface area contributed by atoms with Crippen LogP contribution in [0.5, 0.6) is 11.5 Å². The van der Waals surface area contributed by atoms with Crippen LogP contribution in [0.4, 0.5) is 0 Å². The van der Waals surface area contributed by atoms with Crippen molar-refractivity contribution in [1.29, 1.82) is 0 Å². The molecule has 0 amide bonds. The van der Waals surface area contributed by atoms with Gasteiger partial charge < -0.3 is 14.2 Å². The molecule has 0 N–H and O–H groups in total. The molecule has 0 aliphatic rings. The average molecular weight is 483 g/mol. The maximum atomic E-state index is 12.5. The lowest BCUT2D eigenvalue weighted by Gasteiger charge is -2.13. The maximum Gasteiger partial charge on any atom is 0.343 e. The lowest BCUT2D eigenvalue weighted by Crippen LogP contribution is -2.15. The normalized spacial score (nSPS) is 11.6. The molecule has 0 aliphatic heterocycles. The maximum absolute atomic E-state index is 12.5. The van der Waals surface area contributed by atoms with Crippen molar-refractivity contribution in [2.75, 3.05) is 6.61 Å². The van der Waals surface area contributed by atoms with E-state index < -0.39 is 5.97 Å². The van der Waals surface area contributed by atoms with Crippen LogP contribution in [-0.2, 0) is 4.74 Å². The predicted octanol–water partition coefficient (Wildman–Crippen LogP) is 8.16. The van der Waals surface area contributed by atoms with Gasteiger partial charge in [0.05, 0.1) is 23.8 Å². The Labute approximate surface area is 211 Å². The molecule has 2 aromatic rings. The van der Waals surface area contributed by atoms with E-state index in [4.69, 9.17) is 14.2 Å². The number of rotatable bonds is 17. The van der Waals surface area contributed by atoms with E-state index in [1.807, 2.05) is 6.92 Å². The van der Waals surface area contributed by atoms with Crippen molar-refractivity contribution in [3.8, 4) is 11.5 Å². The van der Waals surface area contributed by atoms with Crippen molar-refractivity contribution in [1.82, 2.24) is 0 Å². The van der Waals surface area contributed by atoms with Crippen molar-refractivity contribution in [2.24, 2.45) is 0 Å². The van der Waals surface area contributed by atoms with Gasteiger partial charge in [-0.25, -0.2) is 9.59 Å². The van der Waals surface area contributed by atoms with Gasteiger partial charge in [-0.2, -0.15) is 0 Å². The Morgan fingerprint density at radius 1 is 0.657 bits per heavy atom. The molecule has 35 heavy (non-hydrogen) atoms. The van der Waals surface area contributed by atoms with Gasteiger partial charge in [0, 0.05) is 0 Å². The van der Waals surface area contributed by atoms with E-state index in [1.54, 1.807) is 48.5 Å². The van der Waals surface area contributed by atoms with Gasteiger partial charge >= 0.3 is 11.9 Å². The molecular formula is C30H42O5. The van der Waals surface area contributed by atoms with Crippen LogP contribution < -0.4 is 9.47 Å². The molecule has 5 nitrogen and oxygen atoms in total. The molecule has 192 valence electrons. The Balaban J connectivity index is 1.74. The summed E-state index contributed by atoms with van der Waals surface area (Å²) in [5.74, 6) is 0.309. The molecule has 1 atom stereocenters. The zero-order chi connectivity index (χ0) is 25.3. The lowest BCUT2D eigenvalue weighted by atomic mass is 10.1. The van der Waals surface area contributed by atoms with Gasteiger partial charge in [0.25, 0.3) is 0 Å². The fourth-order valence-corrected chi connectivity index (χ4v) is 3.75. The van der Waals surface area contributed by atoms with Gasteiger partial charge in [-0.1, -0.05) is 65.2 Å². The molecule has 2 aromatic carbocycles. The highest BCUT2D eigenvalue weighted by Gasteiger charge is 2.13. The minimum atomic E-state index is -0.456. The summed E-state index contributed by atoms with van der Waals surface area (Å²) in [4.78, 5) is 24.9. The number of unbranched alkanes of at least 4 members (excludes halogenated alkanes) is 8. The zero-order valence-corrected chi connectivity index (χ0v) is 21.7. The Kier molecular flexibility index (Phi) is 13.6. The van der Waals surface area contributed by atoms with Crippen molar-refractivity contribution in [3.05, 3.63) is 59.7 Å². The molecule has 0 aromatic heterocycles. The van der Waals surface area contributed by atoms with E-state index >= 15 is 0 Å². The smallest absolute Gasteiger partial charge is 0.343 e. The van der Waals surface area contributed by atoms with Crippen LogP contribution >= 0.6 is 0 Å². The van der Waals surface area contributed by atoms with E-state index in [2.05, 4.69) is 13.8 Å². The quantitative estimate of drug-likeness (QED) is 0.129. The average Bonchev–Trinajstić information content (AvgIpc) is 2.86. The highest BCUT2D eigenvalue weighted by Crippen LogP contribution is 2.18. The first-order valence-electron chi connectivity index (χ1n) is 13.3. The van der Waals surface area contributed by atoms with Gasteiger partial charge in [0.15, 0.2) is 0 Å². The molecule has 0 spiro atoms. The first-order valence-corrected chi connectivity index (χ1v) is 13.3. The molecule has 0 radical (unpaired) electrons. The van der Waals surface area contributed by atoms with E-state index in [1.165, 1.54) is 44.9 Å². The first-order chi connectivity index (χ1) is 17.0. The monoisotopic (exact) mass is 482 g/mol. The van der Waals surface area contributed by atoms with E-state index in [0.717, 1.165) is 31.4 Å². The summed E-state index contributed by atoms with van der Waals surface area (Å²) >= 11 is 0. The van der Waals surface area contributed by atoms with Crippen LogP contribution in [0.15, 0.2) is 48.5 Å². The largest absolute Gasteiger partial charge is 0.494 e. The Bertz CT molecular complexity index is 857. The highest BCUT2D eigenvalue weighted by atomic mass is 16.5. The van der Waals surface area contributed by atoms with E-state index in [9.17, 15) is 9.59 Å². The second kappa shape index (κ2) is 16.7. The van der Waals surface area contributed by atoms with Crippen molar-refractivity contribution < 1.29 is 23.8 Å². The Morgan fingerprint density at radius 2 is 1.17 bits per heavy atom. The molecule has 1 unspecified atom stereocenters. The van der Waals surface area contributed by atoms with E-state index in [0.29, 0.717) is 23.5 Å². The topological polar surface area (TPSA) is 61.8 Å². The molecular weight excluding hydrogens is 440 g/mol. The molecule has 5 heteroatoms. The van der Waals surface area contributed by atoms with Crippen molar-refractivity contribution in [3.63, 3.8) is 0 Å². The van der Waals surface area contributed by atoms with Crippen LogP contribution in [0.25, 0.3) is 0 Å². The molecule has 2 rings (SSSR count). The van der Waals surface area contributed by atoms with Crippen molar-refractivity contribution >= 4 is 11.9 Å². The zero-order valence-electron chi connectivity index (χ0n) is 21.7. The highest BCUT2D eigenvalue weighted by molar-refractivity contribution is 5.92. The third kappa shape index (κ3) is 11.4. The van der Waals surface area contributed by atoms with Crippen LogP contribution in [0.3, 0.4) is 0 Å². The van der Waals surface area contributed by atoms with Gasteiger partial charge in [0.1, 0.15) is 11.5 Å². The predicted molar refractivity (Wildman–Crippen MR) is 140 cm³/mol. The second-order valence-electron chi connectivity index (χ2n) is 9.12. The summed E-state index contributed by atoms with van der Waals surface area (Å²) in [6.07, 6.45) is 12.7. The fourth-order valence-electron chi connectivity index (χ4n) is 3.75. The van der Waals surface area contributed by atoms with Crippen LogP contribution in [0.2, 0.25) is 0 Å². The summed E-state index contributed by atoms with van der Waals surface area (Å²) in [6, 6.07) is 13.4. The van der Waals surface area contributed by atoms with Crippen LogP contribution in [0.1, 0.15) is 112 Å². The fraction of sp³-hybridized carbons (Fsp3) is 0.533. The molecule has 0 saturated heterocycles. The number of esters is 2. The minimum absolute atomic E-state index is 0.116. The van der Waals surface area contributed by atoms with Crippen LogP contribution in [-0.4, -0.2) is 24.6 Å². The molecule has 0 bridgehead atoms. The standard InChI is InChI=1S/C30H42O5/c1-4-6-8-10-11-12-14-24(3)34-29(31)25-17-21-28(22-18-25)35-30(32)26-15-19-27(20-16-26)33-23-13-9-7-5-2/h15-22,24H,4-14,23H2,1-3H3. The van der Waals surface area contributed by atoms with Crippen LogP contribution in [0, 0.1) is 0 Å². The number of carbonyl (C=O) groups excluding carboxylic acids is 2. The first kappa shape index (κ1) is 28.4. The van der Waals surface area contributed by atoms with E-state index in [-0.39, 0.29) is 12.1 Å². The summed E-state index contributed by atoms with van der Waals surface area (Å²) in [5.41, 5.74) is 0.885. The third-order valence-corrected chi connectivity index (χ3v) is 5.93. The SMILES string of the molecule is CCCCCCCCC(C)OC(=O)c1ccc(OC(=O)c2ccc(OCCCCCC)cc2)cc1. The Hall–Kier alpha value is -2.82. The Morgan fingerprint density at radius 3 is 1.80 bits per heavy atom. The second-order valence-corrected chi connectivity index (χ2v) is 9.12. The summed E-state index contributed by atoms with van der Waals surface area (Å²) in [5, 5.41) is 0. The minimum Gasteiger partial charge on any atom is -0.494 e. The number of ether oxygens (including phenoxy) is 3. The molecule has 0 fully saturated rings. The van der Waals surface area contributed by atoms with Crippen molar-refractivity contribution in [2.45, 2.75) is 97.5 Å². The number of carbonyl (C=O) groups is 2. The summed E-state index contributed by atoms with van der Waals surface area (Å²) < 4.78 is 16.7. The van der Waals surface area contributed by atoms with Gasteiger partial charge in [0.2, 0.25) is 0 Å². The number of hydrogen-bond acceptors (Lipinski definition) is 5. The van der Waals surface area contributed by atoms with Gasteiger partial charge in [-0.15, -0.1) is 0 Å². The number of benzene rings is 2. The lowest BCUT2D eigenvalue weighted by molar-refractivity contribution is 0.0319. The molecule has 0 heterocycles. The summed E-state index contributed by atoms with van der Waals surface area (Å²) in [6.45, 7) is 7.00. The van der Waals surface area contributed by atoms with Gasteiger partial charge in [-0.3, -0.25) is 0 Å².